The highest BCUT2D eigenvalue weighted by Crippen LogP contribution is 2.23. The molecule has 0 aliphatic rings. The molecule has 1 atom stereocenters. The van der Waals surface area contributed by atoms with Crippen molar-refractivity contribution in [2.24, 2.45) is 0 Å². The van der Waals surface area contributed by atoms with E-state index < -0.39 is 6.10 Å². The zero-order valence-electron chi connectivity index (χ0n) is 12.0. The summed E-state index contributed by atoms with van der Waals surface area (Å²) < 4.78 is 5.46. The van der Waals surface area contributed by atoms with Crippen molar-refractivity contribution in [3.05, 3.63) is 65.7 Å². The van der Waals surface area contributed by atoms with E-state index in [4.69, 9.17) is 4.74 Å². The second-order valence-corrected chi connectivity index (χ2v) is 4.90. The van der Waals surface area contributed by atoms with Gasteiger partial charge in [0.25, 0.3) is 0 Å². The van der Waals surface area contributed by atoms with E-state index in [9.17, 15) is 5.11 Å². The van der Waals surface area contributed by atoms with Crippen molar-refractivity contribution in [2.75, 3.05) is 6.61 Å². The molecule has 1 unspecified atom stereocenters. The van der Waals surface area contributed by atoms with Crippen LogP contribution in [0, 0.1) is 0 Å². The Morgan fingerprint density at radius 2 is 1.85 bits per heavy atom. The molecule has 0 aliphatic heterocycles. The van der Waals surface area contributed by atoms with Crippen LogP contribution in [0.3, 0.4) is 0 Å². The van der Waals surface area contributed by atoms with Gasteiger partial charge in [-0.25, -0.2) is 0 Å². The number of benzene rings is 2. The Balaban J connectivity index is 1.85. The highest BCUT2D eigenvalue weighted by molar-refractivity contribution is 5.29. The largest absolute Gasteiger partial charge is 0.494 e. The molecule has 20 heavy (non-hydrogen) atoms. The smallest absolute Gasteiger partial charge is 0.119 e. The maximum absolute atomic E-state index is 10.2. The summed E-state index contributed by atoms with van der Waals surface area (Å²) in [7, 11) is 0. The van der Waals surface area contributed by atoms with Crippen LogP contribution in [-0.2, 0) is 6.42 Å². The summed E-state index contributed by atoms with van der Waals surface area (Å²) >= 11 is 0. The monoisotopic (exact) mass is 270 g/mol. The van der Waals surface area contributed by atoms with E-state index in [0.29, 0.717) is 6.61 Å². The Bertz CT molecular complexity index is 508. The van der Waals surface area contributed by atoms with Gasteiger partial charge in [0.2, 0.25) is 0 Å². The van der Waals surface area contributed by atoms with Gasteiger partial charge in [0.1, 0.15) is 5.75 Å². The number of aryl methyl sites for hydroxylation is 1. The first-order chi connectivity index (χ1) is 9.79. The number of hydrogen-bond donors (Lipinski definition) is 1. The normalized spacial score (nSPS) is 12.1. The summed E-state index contributed by atoms with van der Waals surface area (Å²) in [6.45, 7) is 2.61. The molecule has 0 saturated carbocycles. The van der Waals surface area contributed by atoms with Crippen molar-refractivity contribution in [2.45, 2.75) is 32.3 Å². The first kappa shape index (κ1) is 14.6. The quantitative estimate of drug-likeness (QED) is 0.819. The molecule has 0 aliphatic carbocycles. The molecule has 0 saturated heterocycles. The SMILES string of the molecule is CCOc1cccc(C(O)CCCc2ccccc2)c1. The first-order valence-corrected chi connectivity index (χ1v) is 7.24. The number of hydrogen-bond acceptors (Lipinski definition) is 2. The Labute approximate surface area is 121 Å². The van der Waals surface area contributed by atoms with Gasteiger partial charge in [0, 0.05) is 0 Å². The second-order valence-electron chi connectivity index (χ2n) is 4.90. The fraction of sp³-hybridized carbons (Fsp3) is 0.333. The van der Waals surface area contributed by atoms with Crippen LogP contribution in [-0.4, -0.2) is 11.7 Å². The van der Waals surface area contributed by atoms with Crippen LogP contribution in [0.2, 0.25) is 0 Å². The lowest BCUT2D eigenvalue weighted by Gasteiger charge is -2.12. The molecule has 0 fully saturated rings. The minimum atomic E-state index is -0.417. The van der Waals surface area contributed by atoms with Gasteiger partial charge < -0.3 is 9.84 Å². The van der Waals surface area contributed by atoms with Gasteiger partial charge in [-0.2, -0.15) is 0 Å². The van der Waals surface area contributed by atoms with Crippen LogP contribution in [0.5, 0.6) is 5.75 Å². The van der Waals surface area contributed by atoms with E-state index in [-0.39, 0.29) is 0 Å². The molecule has 2 heteroatoms. The average Bonchev–Trinajstić information content (AvgIpc) is 2.49. The van der Waals surface area contributed by atoms with Crippen LogP contribution in [0.4, 0.5) is 0 Å². The van der Waals surface area contributed by atoms with Crippen LogP contribution in [0.15, 0.2) is 54.6 Å². The van der Waals surface area contributed by atoms with E-state index >= 15 is 0 Å². The van der Waals surface area contributed by atoms with Gasteiger partial charge in [-0.15, -0.1) is 0 Å². The summed E-state index contributed by atoms with van der Waals surface area (Å²) in [5.74, 6) is 0.826. The predicted molar refractivity (Wildman–Crippen MR) is 82.0 cm³/mol. The van der Waals surface area contributed by atoms with Crippen molar-refractivity contribution in [1.82, 2.24) is 0 Å². The Kier molecular flexibility index (Phi) is 5.63. The first-order valence-electron chi connectivity index (χ1n) is 7.24. The molecular weight excluding hydrogens is 248 g/mol. The molecule has 0 heterocycles. The van der Waals surface area contributed by atoms with Gasteiger partial charge in [0.05, 0.1) is 12.7 Å². The minimum absolute atomic E-state index is 0.417. The number of aliphatic hydroxyl groups excluding tert-OH is 1. The lowest BCUT2D eigenvalue weighted by atomic mass is 10.0. The van der Waals surface area contributed by atoms with E-state index in [0.717, 1.165) is 30.6 Å². The summed E-state index contributed by atoms with van der Waals surface area (Å²) in [5.41, 5.74) is 2.26. The number of ether oxygens (including phenoxy) is 1. The number of aliphatic hydroxyl groups is 1. The third-order valence-corrected chi connectivity index (χ3v) is 3.34. The molecule has 0 aromatic heterocycles. The molecule has 2 aromatic rings. The maximum atomic E-state index is 10.2. The van der Waals surface area contributed by atoms with Crippen LogP contribution in [0.25, 0.3) is 0 Å². The zero-order valence-corrected chi connectivity index (χ0v) is 12.0. The molecule has 0 amide bonds. The summed E-state index contributed by atoms with van der Waals surface area (Å²) in [6.07, 6.45) is 2.33. The van der Waals surface area contributed by atoms with Gasteiger partial charge in [-0.3, -0.25) is 0 Å². The van der Waals surface area contributed by atoms with E-state index in [1.165, 1.54) is 5.56 Å². The van der Waals surface area contributed by atoms with Crippen molar-refractivity contribution in [1.29, 1.82) is 0 Å². The molecule has 2 aromatic carbocycles. The van der Waals surface area contributed by atoms with Gasteiger partial charge >= 0.3 is 0 Å². The molecule has 0 bridgehead atoms. The van der Waals surface area contributed by atoms with E-state index in [1.807, 2.05) is 37.3 Å². The molecule has 2 rings (SSSR count). The maximum Gasteiger partial charge on any atom is 0.119 e. The summed E-state index contributed by atoms with van der Waals surface area (Å²) in [6, 6.07) is 18.1. The van der Waals surface area contributed by atoms with Crippen molar-refractivity contribution >= 4 is 0 Å². The minimum Gasteiger partial charge on any atom is -0.494 e. The second kappa shape index (κ2) is 7.71. The lowest BCUT2D eigenvalue weighted by molar-refractivity contribution is 0.164. The topological polar surface area (TPSA) is 29.5 Å². The molecule has 2 nitrogen and oxygen atoms in total. The number of rotatable bonds is 7. The Morgan fingerprint density at radius 3 is 2.60 bits per heavy atom. The zero-order chi connectivity index (χ0) is 14.2. The predicted octanol–water partition coefficient (Wildman–Crippen LogP) is 4.14. The van der Waals surface area contributed by atoms with Crippen LogP contribution >= 0.6 is 0 Å². The van der Waals surface area contributed by atoms with Crippen molar-refractivity contribution in [3.8, 4) is 5.75 Å². The summed E-state index contributed by atoms with van der Waals surface area (Å²) in [4.78, 5) is 0. The van der Waals surface area contributed by atoms with E-state index in [2.05, 4.69) is 24.3 Å². The third-order valence-electron chi connectivity index (χ3n) is 3.34. The fourth-order valence-electron chi connectivity index (χ4n) is 2.29. The molecule has 0 radical (unpaired) electrons. The molecular formula is C18H22O2. The van der Waals surface area contributed by atoms with Crippen molar-refractivity contribution in [3.63, 3.8) is 0 Å². The lowest BCUT2D eigenvalue weighted by Crippen LogP contribution is -2.00. The molecule has 106 valence electrons. The third kappa shape index (κ3) is 4.39. The van der Waals surface area contributed by atoms with Crippen LogP contribution in [0.1, 0.15) is 37.0 Å². The van der Waals surface area contributed by atoms with Gasteiger partial charge in [-0.05, 0) is 49.4 Å². The molecule has 0 spiro atoms. The fourth-order valence-corrected chi connectivity index (χ4v) is 2.29. The Hall–Kier alpha value is -1.80. The van der Waals surface area contributed by atoms with Crippen molar-refractivity contribution < 1.29 is 9.84 Å². The highest BCUT2D eigenvalue weighted by Gasteiger charge is 2.08. The Morgan fingerprint density at radius 1 is 1.05 bits per heavy atom. The van der Waals surface area contributed by atoms with E-state index in [1.54, 1.807) is 0 Å². The molecule has 1 N–H and O–H groups in total. The van der Waals surface area contributed by atoms with Gasteiger partial charge in [-0.1, -0.05) is 42.5 Å². The van der Waals surface area contributed by atoms with Gasteiger partial charge in [0.15, 0.2) is 0 Å². The van der Waals surface area contributed by atoms with Crippen LogP contribution < -0.4 is 4.74 Å². The standard InChI is InChI=1S/C18H22O2/c1-2-20-17-12-7-11-16(14-17)18(19)13-6-10-15-8-4-3-5-9-15/h3-5,7-9,11-12,14,18-19H,2,6,10,13H2,1H3. The summed E-state index contributed by atoms with van der Waals surface area (Å²) in [5, 5.41) is 10.2. The average molecular weight is 270 g/mol. The highest BCUT2D eigenvalue weighted by atomic mass is 16.5.